The number of alkyl halides is 2. The van der Waals surface area contributed by atoms with E-state index in [0.717, 1.165) is 5.56 Å². The van der Waals surface area contributed by atoms with Crippen LogP contribution in [0.5, 0.6) is 0 Å². The van der Waals surface area contributed by atoms with Crippen molar-refractivity contribution in [2.45, 2.75) is 32.4 Å². The van der Waals surface area contributed by atoms with Crippen LogP contribution in [0.3, 0.4) is 0 Å². The van der Waals surface area contributed by atoms with E-state index in [1.807, 2.05) is 32.0 Å². The van der Waals surface area contributed by atoms with E-state index in [0.29, 0.717) is 0 Å². The van der Waals surface area contributed by atoms with Crippen molar-refractivity contribution in [1.82, 2.24) is 4.90 Å². The van der Waals surface area contributed by atoms with Crippen molar-refractivity contribution in [2.24, 2.45) is 0 Å². The van der Waals surface area contributed by atoms with E-state index in [-0.39, 0.29) is 19.1 Å². The van der Waals surface area contributed by atoms with Crippen LogP contribution in [0.4, 0.5) is 8.78 Å². The van der Waals surface area contributed by atoms with Gasteiger partial charge in [-0.3, -0.25) is 4.90 Å². The fourth-order valence-corrected chi connectivity index (χ4v) is 1.68. The van der Waals surface area contributed by atoms with Gasteiger partial charge >= 0.3 is 0 Å². The Morgan fingerprint density at radius 2 is 1.71 bits per heavy atom. The minimum absolute atomic E-state index is 0.0117. The highest BCUT2D eigenvalue weighted by molar-refractivity contribution is 5.17. The fourth-order valence-electron chi connectivity index (χ4n) is 1.68. The summed E-state index contributed by atoms with van der Waals surface area (Å²) in [5.41, 5.74) is 0.757. The zero-order valence-electron chi connectivity index (χ0n) is 10.2. The van der Waals surface area contributed by atoms with Gasteiger partial charge in [0.15, 0.2) is 0 Å². The van der Waals surface area contributed by atoms with Crippen molar-refractivity contribution in [3.63, 3.8) is 0 Å². The Bertz CT molecular complexity index is 316. The van der Waals surface area contributed by atoms with Crippen LogP contribution < -0.4 is 0 Å². The van der Waals surface area contributed by atoms with Gasteiger partial charge in [0.05, 0.1) is 12.6 Å². The zero-order valence-corrected chi connectivity index (χ0v) is 10.2. The lowest BCUT2D eigenvalue weighted by molar-refractivity contribution is 0.0390. The van der Waals surface area contributed by atoms with Gasteiger partial charge < -0.3 is 5.11 Å². The summed E-state index contributed by atoms with van der Waals surface area (Å²) in [7, 11) is 0. The minimum Gasteiger partial charge on any atom is -0.387 e. The molecule has 0 spiro atoms. The van der Waals surface area contributed by atoms with Gasteiger partial charge in [-0.1, -0.05) is 30.3 Å². The first-order valence-corrected chi connectivity index (χ1v) is 5.76. The molecule has 1 unspecified atom stereocenters. The molecule has 96 valence electrons. The normalized spacial score (nSPS) is 13.6. The van der Waals surface area contributed by atoms with E-state index >= 15 is 0 Å². The molecule has 0 fully saturated rings. The summed E-state index contributed by atoms with van der Waals surface area (Å²) in [6.45, 7) is 3.62. The Balaban J connectivity index is 2.61. The maximum Gasteiger partial charge on any atom is 0.251 e. The predicted octanol–water partition coefficient (Wildman–Crippen LogP) is 2.70. The Labute approximate surface area is 101 Å². The summed E-state index contributed by atoms with van der Waals surface area (Å²) < 4.78 is 24.7. The van der Waals surface area contributed by atoms with Crippen molar-refractivity contribution in [3.05, 3.63) is 35.9 Å². The second-order valence-corrected chi connectivity index (χ2v) is 4.37. The molecule has 1 aromatic carbocycles. The lowest BCUT2D eigenvalue weighted by atomic mass is 10.1. The average Bonchev–Trinajstić information content (AvgIpc) is 2.28. The topological polar surface area (TPSA) is 23.5 Å². The number of halogens is 2. The van der Waals surface area contributed by atoms with Crippen LogP contribution in [0.2, 0.25) is 0 Å². The van der Waals surface area contributed by atoms with Gasteiger partial charge in [0, 0.05) is 12.6 Å². The fraction of sp³-hybridized carbons (Fsp3) is 0.538. The molecule has 0 heterocycles. The third-order valence-electron chi connectivity index (χ3n) is 2.69. The Morgan fingerprint density at radius 3 is 2.18 bits per heavy atom. The van der Waals surface area contributed by atoms with Gasteiger partial charge in [0.1, 0.15) is 0 Å². The highest BCUT2D eigenvalue weighted by Crippen LogP contribution is 2.16. The second-order valence-electron chi connectivity index (χ2n) is 4.37. The van der Waals surface area contributed by atoms with Gasteiger partial charge in [-0.05, 0) is 19.4 Å². The molecule has 2 nitrogen and oxygen atoms in total. The monoisotopic (exact) mass is 243 g/mol. The second kappa shape index (κ2) is 6.67. The maximum absolute atomic E-state index is 12.4. The van der Waals surface area contributed by atoms with Crippen LogP contribution in [-0.2, 0) is 0 Å². The van der Waals surface area contributed by atoms with E-state index in [1.165, 1.54) is 0 Å². The number of hydrogen-bond donors (Lipinski definition) is 1. The van der Waals surface area contributed by atoms with Crippen LogP contribution in [0.1, 0.15) is 25.5 Å². The Kier molecular flexibility index (Phi) is 5.51. The van der Waals surface area contributed by atoms with Crippen LogP contribution in [0, 0.1) is 0 Å². The molecule has 17 heavy (non-hydrogen) atoms. The van der Waals surface area contributed by atoms with Crippen LogP contribution >= 0.6 is 0 Å². The molecule has 0 bridgehead atoms. The third-order valence-corrected chi connectivity index (χ3v) is 2.69. The first kappa shape index (κ1) is 14.1. The summed E-state index contributed by atoms with van der Waals surface area (Å²) >= 11 is 0. The summed E-state index contributed by atoms with van der Waals surface area (Å²) in [5, 5.41) is 9.97. The molecule has 0 radical (unpaired) electrons. The standard InChI is InChI=1S/C13H19F2NO/c1-10(2)16(9-13(14)15)8-12(17)11-6-4-3-5-7-11/h3-7,10,12-13,17H,8-9H2,1-2H3. The Hall–Kier alpha value is -1.00. The average molecular weight is 243 g/mol. The highest BCUT2D eigenvalue weighted by Gasteiger charge is 2.19. The number of aliphatic hydroxyl groups is 1. The smallest absolute Gasteiger partial charge is 0.251 e. The molecule has 0 aliphatic heterocycles. The maximum atomic E-state index is 12.4. The number of aliphatic hydroxyl groups excluding tert-OH is 1. The molecule has 0 saturated heterocycles. The molecule has 0 aliphatic rings. The van der Waals surface area contributed by atoms with E-state index in [4.69, 9.17) is 0 Å². The predicted molar refractivity (Wildman–Crippen MR) is 64.1 cm³/mol. The van der Waals surface area contributed by atoms with E-state index < -0.39 is 12.5 Å². The quantitative estimate of drug-likeness (QED) is 0.830. The molecule has 0 saturated carbocycles. The molecule has 1 aromatic rings. The summed E-state index contributed by atoms with van der Waals surface area (Å²) in [5.74, 6) is 0. The highest BCUT2D eigenvalue weighted by atomic mass is 19.3. The van der Waals surface area contributed by atoms with Gasteiger partial charge in [-0.15, -0.1) is 0 Å². The van der Waals surface area contributed by atoms with Gasteiger partial charge in [-0.2, -0.15) is 0 Å². The van der Waals surface area contributed by atoms with Gasteiger partial charge in [-0.25, -0.2) is 8.78 Å². The van der Waals surface area contributed by atoms with Gasteiger partial charge in [0.2, 0.25) is 0 Å². The molecule has 4 heteroatoms. The van der Waals surface area contributed by atoms with E-state index in [2.05, 4.69) is 0 Å². The molecule has 1 atom stereocenters. The number of rotatable bonds is 6. The first-order valence-electron chi connectivity index (χ1n) is 5.76. The largest absolute Gasteiger partial charge is 0.387 e. The SMILES string of the molecule is CC(C)N(CC(F)F)CC(O)c1ccccc1. The summed E-state index contributed by atoms with van der Waals surface area (Å²) in [6, 6.07) is 9.09. The minimum atomic E-state index is -2.37. The molecular weight excluding hydrogens is 224 g/mol. The van der Waals surface area contributed by atoms with Crippen LogP contribution in [-0.4, -0.2) is 35.6 Å². The van der Waals surface area contributed by atoms with Crippen molar-refractivity contribution in [3.8, 4) is 0 Å². The summed E-state index contributed by atoms with van der Waals surface area (Å²) in [6.07, 6.45) is -3.10. The van der Waals surface area contributed by atoms with E-state index in [9.17, 15) is 13.9 Å². The van der Waals surface area contributed by atoms with Crippen LogP contribution in [0.15, 0.2) is 30.3 Å². The lowest BCUT2D eigenvalue weighted by Gasteiger charge is -2.28. The third kappa shape index (κ3) is 4.79. The number of nitrogens with zero attached hydrogens (tertiary/aromatic N) is 1. The van der Waals surface area contributed by atoms with Crippen molar-refractivity contribution >= 4 is 0 Å². The number of hydrogen-bond acceptors (Lipinski definition) is 2. The van der Waals surface area contributed by atoms with Crippen LogP contribution in [0.25, 0.3) is 0 Å². The molecule has 0 amide bonds. The summed E-state index contributed by atoms with van der Waals surface area (Å²) in [4.78, 5) is 1.59. The van der Waals surface area contributed by atoms with Crippen molar-refractivity contribution in [1.29, 1.82) is 0 Å². The molecule has 1 rings (SSSR count). The molecular formula is C13H19F2NO. The van der Waals surface area contributed by atoms with E-state index in [1.54, 1.807) is 17.0 Å². The van der Waals surface area contributed by atoms with Crippen molar-refractivity contribution in [2.75, 3.05) is 13.1 Å². The lowest BCUT2D eigenvalue weighted by Crippen LogP contribution is -2.38. The molecule has 1 N–H and O–H groups in total. The zero-order chi connectivity index (χ0) is 12.8. The number of benzene rings is 1. The van der Waals surface area contributed by atoms with Crippen molar-refractivity contribution < 1.29 is 13.9 Å². The van der Waals surface area contributed by atoms with Gasteiger partial charge in [0.25, 0.3) is 6.43 Å². The first-order chi connectivity index (χ1) is 8.00. The molecule has 0 aromatic heterocycles. The Morgan fingerprint density at radius 1 is 1.12 bits per heavy atom. The molecule has 0 aliphatic carbocycles.